The first kappa shape index (κ1) is 10.3. The Morgan fingerprint density at radius 1 is 0.941 bits per heavy atom. The fraction of sp³-hybridized carbons (Fsp3) is 0.417. The smallest absolute Gasteiger partial charge is 0.235 e. The highest BCUT2D eigenvalue weighted by Crippen LogP contribution is 2.12. The maximum absolute atomic E-state index is 5.42. The molecule has 0 unspecified atom stereocenters. The molecule has 0 N–H and O–H groups in total. The summed E-state index contributed by atoms with van der Waals surface area (Å²) in [6.45, 7) is 4.70. The van der Waals surface area contributed by atoms with Gasteiger partial charge in [0.15, 0.2) is 0 Å². The Labute approximate surface area is 99.2 Å². The van der Waals surface area contributed by atoms with Crippen LogP contribution < -0.4 is 0 Å². The number of nitrogens with zero attached hydrogens (tertiary/aromatic N) is 3. The molecule has 0 aromatic carbocycles. The van der Waals surface area contributed by atoms with Gasteiger partial charge in [0.2, 0.25) is 11.8 Å². The van der Waals surface area contributed by atoms with E-state index in [4.69, 9.17) is 9.47 Å². The molecule has 5 nitrogen and oxygen atoms in total. The van der Waals surface area contributed by atoms with Gasteiger partial charge in [-0.1, -0.05) is 0 Å². The minimum atomic E-state index is 0.619. The predicted octanol–water partition coefficient (Wildman–Crippen LogP) is 0.944. The zero-order valence-electron chi connectivity index (χ0n) is 9.64. The van der Waals surface area contributed by atoms with Crippen LogP contribution in [-0.4, -0.2) is 43.1 Å². The highest BCUT2D eigenvalue weighted by molar-refractivity contribution is 5.97. The summed E-state index contributed by atoms with van der Waals surface area (Å²) in [7, 11) is 0. The molecule has 0 amide bonds. The molecular formula is C12H13N3O2. The van der Waals surface area contributed by atoms with E-state index in [0.717, 1.165) is 17.0 Å². The Hall–Kier alpha value is -1.91. The molecule has 3 rings (SSSR count). The Kier molecular flexibility index (Phi) is 2.51. The van der Waals surface area contributed by atoms with E-state index in [1.54, 1.807) is 0 Å². The molecule has 0 saturated carbocycles. The van der Waals surface area contributed by atoms with Crippen molar-refractivity contribution in [3.63, 3.8) is 0 Å². The molecule has 0 spiro atoms. The number of hydrogen-bond acceptors (Lipinski definition) is 5. The van der Waals surface area contributed by atoms with Crippen LogP contribution in [0.3, 0.4) is 0 Å². The number of hydrogen-bond donors (Lipinski definition) is 0. The van der Waals surface area contributed by atoms with Crippen LogP contribution in [0.1, 0.15) is 17.0 Å². The van der Waals surface area contributed by atoms with Crippen LogP contribution in [0.15, 0.2) is 22.1 Å². The maximum Gasteiger partial charge on any atom is 0.235 e. The summed E-state index contributed by atoms with van der Waals surface area (Å²) in [6.07, 6.45) is 0. The minimum absolute atomic E-state index is 0.619. The number of pyridine rings is 1. The second kappa shape index (κ2) is 4.16. The Morgan fingerprint density at radius 3 is 1.88 bits per heavy atom. The van der Waals surface area contributed by atoms with Crippen molar-refractivity contribution in [3.8, 4) is 0 Å². The standard InChI is InChI=1S/C12H13N3O2/c1-8-6-9(11-13-2-4-16-11)15-10(7-8)12-14-3-5-17-12/h6-7H,2-5H2,1H3. The van der Waals surface area contributed by atoms with Gasteiger partial charge in [-0.15, -0.1) is 0 Å². The van der Waals surface area contributed by atoms with Gasteiger partial charge in [0, 0.05) is 0 Å². The van der Waals surface area contributed by atoms with Gasteiger partial charge in [0.1, 0.15) is 24.6 Å². The highest BCUT2D eigenvalue weighted by Gasteiger charge is 2.17. The van der Waals surface area contributed by atoms with Crippen molar-refractivity contribution < 1.29 is 9.47 Å². The summed E-state index contributed by atoms with van der Waals surface area (Å²) in [5.74, 6) is 1.24. The summed E-state index contributed by atoms with van der Waals surface area (Å²) in [6, 6.07) is 3.92. The zero-order chi connectivity index (χ0) is 11.7. The summed E-state index contributed by atoms with van der Waals surface area (Å²) in [5.41, 5.74) is 2.62. The molecule has 88 valence electrons. The third-order valence-corrected chi connectivity index (χ3v) is 2.58. The van der Waals surface area contributed by atoms with Crippen LogP contribution in [-0.2, 0) is 9.47 Å². The highest BCUT2D eigenvalue weighted by atomic mass is 16.5. The average Bonchev–Trinajstić information content (AvgIpc) is 3.02. The molecule has 2 aliphatic rings. The molecule has 17 heavy (non-hydrogen) atoms. The molecule has 1 aromatic rings. The molecule has 5 heteroatoms. The molecule has 3 heterocycles. The van der Waals surface area contributed by atoms with Crippen molar-refractivity contribution >= 4 is 11.8 Å². The third-order valence-electron chi connectivity index (χ3n) is 2.58. The molecule has 0 radical (unpaired) electrons. The molecule has 0 bridgehead atoms. The lowest BCUT2D eigenvalue weighted by Gasteiger charge is -2.06. The number of rotatable bonds is 2. The molecule has 2 aliphatic heterocycles. The van der Waals surface area contributed by atoms with Crippen LogP contribution in [0.4, 0.5) is 0 Å². The fourth-order valence-electron chi connectivity index (χ4n) is 1.87. The summed E-state index contributed by atoms with van der Waals surface area (Å²) in [4.78, 5) is 13.0. The van der Waals surface area contributed by atoms with Crippen molar-refractivity contribution in [2.45, 2.75) is 6.92 Å². The molecule has 0 atom stereocenters. The van der Waals surface area contributed by atoms with Crippen molar-refractivity contribution in [1.29, 1.82) is 0 Å². The van der Waals surface area contributed by atoms with Gasteiger partial charge in [-0.2, -0.15) is 0 Å². The first-order valence-electron chi connectivity index (χ1n) is 5.67. The largest absolute Gasteiger partial charge is 0.474 e. The van der Waals surface area contributed by atoms with E-state index in [9.17, 15) is 0 Å². The Balaban J connectivity index is 1.99. The first-order valence-corrected chi connectivity index (χ1v) is 5.67. The third kappa shape index (κ3) is 2.00. The molecule has 0 aliphatic carbocycles. The van der Waals surface area contributed by atoms with Crippen LogP contribution in [0, 0.1) is 6.92 Å². The maximum atomic E-state index is 5.42. The van der Waals surface area contributed by atoms with E-state index in [2.05, 4.69) is 15.0 Å². The van der Waals surface area contributed by atoms with E-state index >= 15 is 0 Å². The SMILES string of the molecule is Cc1cc(C2=NCCO2)nc(C2=NCCO2)c1. The second-order valence-electron chi connectivity index (χ2n) is 3.99. The monoisotopic (exact) mass is 231 g/mol. The molecular weight excluding hydrogens is 218 g/mol. The van der Waals surface area contributed by atoms with Crippen LogP contribution in [0.25, 0.3) is 0 Å². The van der Waals surface area contributed by atoms with Gasteiger partial charge < -0.3 is 9.47 Å². The zero-order valence-corrected chi connectivity index (χ0v) is 9.64. The second-order valence-corrected chi connectivity index (χ2v) is 3.99. The number of aromatic nitrogens is 1. The average molecular weight is 231 g/mol. The van der Waals surface area contributed by atoms with E-state index < -0.39 is 0 Å². The van der Waals surface area contributed by atoms with Gasteiger partial charge in [-0.05, 0) is 24.6 Å². The number of ether oxygens (including phenoxy) is 2. The fourth-order valence-corrected chi connectivity index (χ4v) is 1.87. The Bertz CT molecular complexity index is 466. The summed E-state index contributed by atoms with van der Waals surface area (Å²) >= 11 is 0. The van der Waals surface area contributed by atoms with Crippen LogP contribution in [0.5, 0.6) is 0 Å². The molecule has 0 fully saturated rings. The van der Waals surface area contributed by atoms with E-state index in [0.29, 0.717) is 38.1 Å². The predicted molar refractivity (Wildman–Crippen MR) is 63.7 cm³/mol. The van der Waals surface area contributed by atoms with E-state index in [1.165, 1.54) is 0 Å². The Morgan fingerprint density at radius 2 is 1.47 bits per heavy atom. The van der Waals surface area contributed by atoms with Gasteiger partial charge in [-0.3, -0.25) is 0 Å². The van der Waals surface area contributed by atoms with Gasteiger partial charge in [-0.25, -0.2) is 15.0 Å². The minimum Gasteiger partial charge on any atom is -0.474 e. The summed E-state index contributed by atoms with van der Waals surface area (Å²) < 4.78 is 10.8. The van der Waals surface area contributed by atoms with E-state index in [-0.39, 0.29) is 0 Å². The van der Waals surface area contributed by atoms with Crippen molar-refractivity contribution in [2.75, 3.05) is 26.3 Å². The lowest BCUT2D eigenvalue weighted by Crippen LogP contribution is -2.11. The topological polar surface area (TPSA) is 56.1 Å². The number of aryl methyl sites for hydroxylation is 1. The lowest BCUT2D eigenvalue weighted by molar-refractivity contribution is 0.345. The van der Waals surface area contributed by atoms with Crippen LogP contribution in [0.2, 0.25) is 0 Å². The van der Waals surface area contributed by atoms with Crippen molar-refractivity contribution in [1.82, 2.24) is 4.98 Å². The van der Waals surface area contributed by atoms with Gasteiger partial charge in [0.25, 0.3) is 0 Å². The first-order chi connectivity index (χ1) is 8.33. The van der Waals surface area contributed by atoms with Crippen molar-refractivity contribution in [2.24, 2.45) is 9.98 Å². The van der Waals surface area contributed by atoms with E-state index in [1.807, 2.05) is 19.1 Å². The normalized spacial score (nSPS) is 18.4. The lowest BCUT2D eigenvalue weighted by atomic mass is 10.2. The molecule has 1 aromatic heterocycles. The molecule has 0 saturated heterocycles. The van der Waals surface area contributed by atoms with Crippen molar-refractivity contribution in [3.05, 3.63) is 29.1 Å². The van der Waals surface area contributed by atoms with Gasteiger partial charge >= 0.3 is 0 Å². The number of aliphatic imine (C=N–C) groups is 2. The quantitative estimate of drug-likeness (QED) is 0.761. The van der Waals surface area contributed by atoms with Gasteiger partial charge in [0.05, 0.1) is 13.1 Å². The summed E-state index contributed by atoms with van der Waals surface area (Å²) in [5, 5.41) is 0. The van der Waals surface area contributed by atoms with Crippen LogP contribution >= 0.6 is 0 Å².